The van der Waals surface area contributed by atoms with Crippen molar-refractivity contribution in [2.75, 3.05) is 18.8 Å². The zero-order valence-corrected chi connectivity index (χ0v) is 27.5. The van der Waals surface area contributed by atoms with E-state index in [2.05, 4.69) is 24.3 Å². The van der Waals surface area contributed by atoms with E-state index in [1.54, 1.807) is 0 Å². The van der Waals surface area contributed by atoms with Gasteiger partial charge < -0.3 is 23.9 Å². The molecule has 45 heavy (non-hydrogen) atoms. The van der Waals surface area contributed by atoms with Gasteiger partial charge in [-0.15, -0.1) is 11.8 Å². The average Bonchev–Trinajstić information content (AvgIpc) is 3.90. The van der Waals surface area contributed by atoms with Gasteiger partial charge in [0, 0.05) is 45.0 Å². The summed E-state index contributed by atoms with van der Waals surface area (Å²) in [5.41, 5.74) is 0.497. The smallest absolute Gasteiger partial charge is 0.348 e. The van der Waals surface area contributed by atoms with Crippen molar-refractivity contribution in [3.63, 3.8) is 0 Å². The van der Waals surface area contributed by atoms with Crippen molar-refractivity contribution < 1.29 is 28.7 Å². The van der Waals surface area contributed by atoms with Gasteiger partial charge in [-0.25, -0.2) is 4.79 Å². The van der Waals surface area contributed by atoms with E-state index in [1.165, 1.54) is 94.6 Å². The fourth-order valence-corrected chi connectivity index (χ4v) is 11.1. The lowest BCUT2D eigenvalue weighted by Crippen LogP contribution is -2.60. The van der Waals surface area contributed by atoms with Crippen molar-refractivity contribution in [2.45, 2.75) is 119 Å². The molecule has 1 spiro atoms. The number of hydrogen-bond acceptors (Lipinski definition) is 6. The first-order valence-corrected chi connectivity index (χ1v) is 18.7. The van der Waals surface area contributed by atoms with Crippen LogP contribution in [0.5, 0.6) is 0 Å². The second kappa shape index (κ2) is 15.0. The lowest BCUT2D eigenvalue weighted by molar-refractivity contribution is -0.956. The summed E-state index contributed by atoms with van der Waals surface area (Å²) in [6.07, 6.45) is 17.5. The van der Waals surface area contributed by atoms with Gasteiger partial charge in [-0.1, -0.05) is 86.3 Å². The number of piperidine rings is 1. The first-order chi connectivity index (χ1) is 22.1. The molecule has 3 aliphatic heterocycles. The average molecular weight is 634 g/mol. The molecule has 6 nitrogen and oxygen atoms in total. The van der Waals surface area contributed by atoms with Crippen molar-refractivity contribution in [2.24, 2.45) is 11.8 Å². The Hall–Kier alpha value is -2.35. The molecule has 3 heterocycles. The molecular weight excluding hydrogens is 582 g/mol. The Morgan fingerprint density at radius 1 is 0.822 bits per heavy atom. The summed E-state index contributed by atoms with van der Waals surface area (Å²) in [4.78, 5) is 23.2. The topological polar surface area (TPSA) is 75.7 Å². The fourth-order valence-electron chi connectivity index (χ4n) is 9.55. The van der Waals surface area contributed by atoms with Gasteiger partial charge in [-0.2, -0.15) is 0 Å². The fraction of sp³-hybridized carbons (Fsp3) is 0.632. The highest BCUT2D eigenvalue weighted by molar-refractivity contribution is 7.99. The molecule has 0 amide bonds. The van der Waals surface area contributed by atoms with E-state index in [4.69, 9.17) is 19.4 Å². The van der Waals surface area contributed by atoms with Crippen molar-refractivity contribution >= 4 is 24.2 Å². The highest BCUT2D eigenvalue weighted by Gasteiger charge is 2.57. The van der Waals surface area contributed by atoms with Gasteiger partial charge in [0.1, 0.15) is 11.5 Å². The van der Waals surface area contributed by atoms with Crippen LogP contribution in [0.4, 0.5) is 0 Å². The molecule has 244 valence electrons. The third-order valence-corrected chi connectivity index (χ3v) is 13.2. The van der Waals surface area contributed by atoms with E-state index in [1.807, 2.05) is 48.2 Å². The quantitative estimate of drug-likeness (QED) is 0.127. The molecule has 3 saturated heterocycles. The second-order valence-electron chi connectivity index (χ2n) is 14.2. The Morgan fingerprint density at radius 3 is 1.87 bits per heavy atom. The van der Waals surface area contributed by atoms with E-state index >= 15 is 0 Å². The van der Waals surface area contributed by atoms with Crippen molar-refractivity contribution in [3.8, 4) is 0 Å². The summed E-state index contributed by atoms with van der Waals surface area (Å²) < 4.78 is 15.4. The predicted molar refractivity (Wildman–Crippen MR) is 176 cm³/mol. The molecule has 0 N–H and O–H groups in total. The highest BCUT2D eigenvalue weighted by Crippen LogP contribution is 2.48. The molecule has 2 aromatic rings. The largest absolute Gasteiger partial charge is 0.554 e. The number of ether oxygens (including phenoxy) is 2. The summed E-state index contributed by atoms with van der Waals surface area (Å²) >= 11 is 1.99. The third-order valence-electron chi connectivity index (χ3n) is 11.7. The summed E-state index contributed by atoms with van der Waals surface area (Å²) in [6.45, 7) is 2.16. The van der Waals surface area contributed by atoms with Gasteiger partial charge in [0.15, 0.2) is 0 Å². The van der Waals surface area contributed by atoms with Crippen molar-refractivity contribution in [1.29, 1.82) is 0 Å². The number of thioether (sulfide) groups is 1. The van der Waals surface area contributed by atoms with Crippen LogP contribution in [0, 0.1) is 11.8 Å². The molecule has 5 fully saturated rings. The van der Waals surface area contributed by atoms with Crippen LogP contribution < -0.4 is 5.11 Å². The first kappa shape index (κ1) is 32.6. The molecular formula is C38H51NO5S. The molecule has 3 unspecified atom stereocenters. The Bertz CT molecular complexity index is 1170. The molecule has 2 saturated carbocycles. The number of quaternary nitrogens is 1. The minimum absolute atomic E-state index is 0.0224. The van der Waals surface area contributed by atoms with Crippen LogP contribution in [-0.4, -0.2) is 59.4 Å². The first-order valence-electron chi connectivity index (χ1n) is 17.6. The maximum atomic E-state index is 14.9. The molecule has 0 aromatic heterocycles. The molecule has 5 aliphatic rings. The molecule has 3 atom stereocenters. The maximum absolute atomic E-state index is 14.9. The van der Waals surface area contributed by atoms with Gasteiger partial charge in [-0.3, -0.25) is 0 Å². The zero-order valence-electron chi connectivity index (χ0n) is 26.7. The molecule has 7 rings (SSSR count). The van der Waals surface area contributed by atoms with Crippen molar-refractivity contribution in [1.82, 2.24) is 0 Å². The number of esters is 1. The van der Waals surface area contributed by atoms with Crippen LogP contribution in [-0.2, 0) is 24.7 Å². The van der Waals surface area contributed by atoms with Gasteiger partial charge in [0.05, 0.1) is 25.2 Å². The van der Waals surface area contributed by atoms with E-state index < -0.39 is 12.1 Å². The van der Waals surface area contributed by atoms with Crippen molar-refractivity contribution in [3.05, 3.63) is 71.8 Å². The zero-order chi connectivity index (χ0) is 31.1. The Labute approximate surface area is 273 Å². The molecule has 2 aliphatic carbocycles. The van der Waals surface area contributed by atoms with E-state index in [0.717, 1.165) is 35.6 Å². The van der Waals surface area contributed by atoms with Crippen LogP contribution in [0.25, 0.3) is 0 Å². The monoisotopic (exact) mass is 633 g/mol. The summed E-state index contributed by atoms with van der Waals surface area (Å²) in [5.74, 6) is 2.17. The lowest BCUT2D eigenvalue weighted by Gasteiger charge is -2.47. The van der Waals surface area contributed by atoms with Gasteiger partial charge in [0.25, 0.3) is 0 Å². The SMILES string of the molecule is O=C(OC1CC2CCC(C1)[N+]21CCCC1)C(OC(SCC1CCCC1)C1CCCC1)(c1ccccc1)c1ccccc1.O=C[O-]. The standard InChI is InChI=1S/C37H50NO3S.CH2O2/c39-36(40-34-25-32-21-22-33(26-34)38(32)23-11-12-24-38)37(30-17-3-1-4-18-30,31-19-5-2-6-20-31)41-35(29-15-9-10-16-29)42-27-28-13-7-8-14-28;2-1-3/h1-6,17-20,28-29,32-35H,7-16,21-27H2;1H,(H,2,3)/q+1;/p-1. The maximum Gasteiger partial charge on any atom is 0.348 e. The molecule has 0 radical (unpaired) electrons. The van der Waals surface area contributed by atoms with E-state index in [0.29, 0.717) is 18.0 Å². The van der Waals surface area contributed by atoms with Crippen LogP contribution in [0.1, 0.15) is 101 Å². The predicted octanol–water partition coefficient (Wildman–Crippen LogP) is 6.60. The van der Waals surface area contributed by atoms with Crippen LogP contribution in [0.3, 0.4) is 0 Å². The number of carbonyl (C=O) groups is 2. The second-order valence-corrected chi connectivity index (χ2v) is 15.3. The third kappa shape index (κ3) is 6.87. The number of carbonyl (C=O) groups excluding carboxylic acids is 2. The van der Waals surface area contributed by atoms with Crippen LogP contribution in [0.2, 0.25) is 0 Å². The number of rotatable bonds is 10. The number of benzene rings is 2. The normalized spacial score (nSPS) is 26.8. The lowest BCUT2D eigenvalue weighted by atomic mass is 9.85. The Balaban J connectivity index is 0.00000115. The summed E-state index contributed by atoms with van der Waals surface area (Å²) in [5, 5.41) is 8.25. The van der Waals surface area contributed by atoms with Crippen LogP contribution >= 0.6 is 11.8 Å². The molecule has 2 bridgehead atoms. The number of carboxylic acid groups (broad SMARTS) is 1. The summed E-state index contributed by atoms with van der Waals surface area (Å²) in [6, 6.07) is 21.9. The molecule has 2 aromatic carbocycles. The van der Waals surface area contributed by atoms with Gasteiger partial charge in [0.2, 0.25) is 5.60 Å². The highest BCUT2D eigenvalue weighted by atomic mass is 32.2. The number of hydrogen-bond donors (Lipinski definition) is 0. The van der Waals surface area contributed by atoms with E-state index in [9.17, 15) is 4.79 Å². The minimum atomic E-state index is -1.27. The minimum Gasteiger partial charge on any atom is -0.554 e. The summed E-state index contributed by atoms with van der Waals surface area (Å²) in [7, 11) is 0. The number of nitrogens with zero attached hydrogens (tertiary/aromatic N) is 1. The van der Waals surface area contributed by atoms with Gasteiger partial charge in [-0.05, 0) is 54.4 Å². The Kier molecular flexibility index (Phi) is 10.9. The molecule has 7 heteroatoms. The van der Waals surface area contributed by atoms with Gasteiger partial charge >= 0.3 is 5.97 Å². The Morgan fingerprint density at radius 2 is 1.33 bits per heavy atom. The van der Waals surface area contributed by atoms with Crippen LogP contribution in [0.15, 0.2) is 60.7 Å². The van der Waals surface area contributed by atoms with E-state index in [-0.39, 0.29) is 17.5 Å².